The van der Waals surface area contributed by atoms with Crippen molar-refractivity contribution in [3.05, 3.63) is 0 Å². The lowest BCUT2D eigenvalue weighted by Crippen LogP contribution is -2.56. The molecule has 4 N–H and O–H groups in total. The Morgan fingerprint density at radius 1 is 1.27 bits per heavy atom. The summed E-state index contributed by atoms with van der Waals surface area (Å²) in [6.07, 6.45) is 5.69. The van der Waals surface area contributed by atoms with Gasteiger partial charge in [-0.05, 0) is 44.4 Å². The Balaban J connectivity index is 0.00000338. The highest BCUT2D eigenvalue weighted by Gasteiger charge is 2.52. The first-order valence-electron chi connectivity index (χ1n) is 9.50. The summed E-state index contributed by atoms with van der Waals surface area (Å²) in [5.41, 5.74) is 4.52. The van der Waals surface area contributed by atoms with Crippen LogP contribution in [0.4, 0.5) is 4.79 Å². The van der Waals surface area contributed by atoms with Crippen molar-refractivity contribution in [3.63, 3.8) is 0 Å². The zero-order valence-electron chi connectivity index (χ0n) is 16.1. The van der Waals surface area contributed by atoms with Crippen LogP contribution in [0.25, 0.3) is 0 Å². The van der Waals surface area contributed by atoms with Gasteiger partial charge in [0.2, 0.25) is 5.91 Å². The molecular formula is C18H33ClN4O3. The molecule has 0 radical (unpaired) electrons. The Bertz CT molecular complexity index is 520. The average Bonchev–Trinajstić information content (AvgIpc) is 2.85. The van der Waals surface area contributed by atoms with Crippen LogP contribution in [-0.4, -0.2) is 46.9 Å². The van der Waals surface area contributed by atoms with Gasteiger partial charge in [-0.1, -0.05) is 27.2 Å². The fourth-order valence-corrected chi connectivity index (χ4v) is 3.98. The maximum atomic E-state index is 12.8. The summed E-state index contributed by atoms with van der Waals surface area (Å²) in [5.74, 6) is 0.0254. The molecule has 0 atom stereocenters. The van der Waals surface area contributed by atoms with Gasteiger partial charge in [0.05, 0.1) is 5.54 Å². The molecule has 0 aromatic heterocycles. The number of hydrogen-bond donors (Lipinski definition) is 3. The minimum atomic E-state index is -0.802. The maximum absolute atomic E-state index is 12.8. The summed E-state index contributed by atoms with van der Waals surface area (Å²) in [6.45, 7) is 6.16. The number of amides is 4. The van der Waals surface area contributed by atoms with E-state index in [4.69, 9.17) is 5.73 Å². The van der Waals surface area contributed by atoms with Crippen molar-refractivity contribution in [2.75, 3.05) is 13.1 Å². The lowest BCUT2D eigenvalue weighted by atomic mass is 9.75. The molecule has 7 nitrogen and oxygen atoms in total. The smallest absolute Gasteiger partial charge is 0.325 e. The van der Waals surface area contributed by atoms with E-state index in [1.165, 1.54) is 0 Å². The Morgan fingerprint density at radius 2 is 1.85 bits per heavy atom. The van der Waals surface area contributed by atoms with Gasteiger partial charge >= 0.3 is 6.03 Å². The van der Waals surface area contributed by atoms with E-state index in [1.54, 1.807) is 0 Å². The number of nitrogens with one attached hydrogen (secondary N) is 2. The number of carbonyl (C=O) groups is 3. The van der Waals surface area contributed by atoms with Crippen molar-refractivity contribution in [2.24, 2.45) is 11.7 Å². The van der Waals surface area contributed by atoms with Crippen molar-refractivity contribution >= 4 is 30.3 Å². The number of carbonyl (C=O) groups excluding carboxylic acids is 3. The molecule has 4 amide bonds. The molecule has 1 heterocycles. The van der Waals surface area contributed by atoms with Crippen LogP contribution in [-0.2, 0) is 9.59 Å². The Labute approximate surface area is 162 Å². The first-order chi connectivity index (χ1) is 11.8. The molecule has 0 aromatic rings. The van der Waals surface area contributed by atoms with Gasteiger partial charge in [-0.2, -0.15) is 0 Å². The molecule has 2 fully saturated rings. The van der Waals surface area contributed by atoms with Crippen LogP contribution in [0.2, 0.25) is 0 Å². The molecule has 26 heavy (non-hydrogen) atoms. The summed E-state index contributed by atoms with van der Waals surface area (Å²) in [5, 5.41) is 5.77. The van der Waals surface area contributed by atoms with Crippen LogP contribution < -0.4 is 16.4 Å². The number of rotatable bonds is 7. The third-order valence-electron chi connectivity index (χ3n) is 6.23. The number of urea groups is 1. The molecular weight excluding hydrogens is 356 g/mol. The maximum Gasteiger partial charge on any atom is 0.325 e. The van der Waals surface area contributed by atoms with E-state index in [9.17, 15) is 14.4 Å². The highest BCUT2D eigenvalue weighted by Crippen LogP contribution is 2.37. The van der Waals surface area contributed by atoms with Crippen molar-refractivity contribution in [3.8, 4) is 0 Å². The SMILES string of the molecule is CCC1CCC2(CC1)NC(=O)N(CC(=O)NC(CC)(CC)CN)C2=O.Cl. The molecule has 2 aliphatic rings. The van der Waals surface area contributed by atoms with Crippen molar-refractivity contribution in [1.29, 1.82) is 0 Å². The Morgan fingerprint density at radius 3 is 2.31 bits per heavy atom. The summed E-state index contributed by atoms with van der Waals surface area (Å²) in [7, 11) is 0. The van der Waals surface area contributed by atoms with Crippen LogP contribution in [0.3, 0.4) is 0 Å². The summed E-state index contributed by atoms with van der Waals surface area (Å²) in [6, 6.07) is -0.457. The first kappa shape index (κ1) is 22.7. The average molecular weight is 389 g/mol. The summed E-state index contributed by atoms with van der Waals surface area (Å²) < 4.78 is 0. The highest BCUT2D eigenvalue weighted by molar-refractivity contribution is 6.09. The second kappa shape index (κ2) is 9.04. The fraction of sp³-hybridized carbons (Fsp3) is 0.833. The van der Waals surface area contributed by atoms with E-state index in [-0.39, 0.29) is 30.8 Å². The topological polar surface area (TPSA) is 105 Å². The van der Waals surface area contributed by atoms with E-state index in [2.05, 4.69) is 17.6 Å². The van der Waals surface area contributed by atoms with Crippen molar-refractivity contribution in [2.45, 2.75) is 76.8 Å². The largest absolute Gasteiger partial charge is 0.348 e. The zero-order chi connectivity index (χ0) is 18.7. The summed E-state index contributed by atoms with van der Waals surface area (Å²) in [4.78, 5) is 38.6. The molecule has 0 bridgehead atoms. The first-order valence-corrected chi connectivity index (χ1v) is 9.50. The lowest BCUT2D eigenvalue weighted by molar-refractivity contribution is -0.136. The van der Waals surface area contributed by atoms with E-state index in [0.29, 0.717) is 38.1 Å². The van der Waals surface area contributed by atoms with E-state index < -0.39 is 17.1 Å². The molecule has 1 saturated heterocycles. The van der Waals surface area contributed by atoms with Gasteiger partial charge in [-0.25, -0.2) is 4.79 Å². The monoisotopic (exact) mass is 388 g/mol. The minimum Gasteiger partial charge on any atom is -0.348 e. The predicted molar refractivity (Wildman–Crippen MR) is 103 cm³/mol. The molecule has 2 rings (SSSR count). The lowest BCUT2D eigenvalue weighted by Gasteiger charge is -2.34. The Kier molecular flexibility index (Phi) is 7.89. The van der Waals surface area contributed by atoms with Crippen LogP contribution in [0.5, 0.6) is 0 Å². The van der Waals surface area contributed by atoms with Crippen LogP contribution in [0, 0.1) is 5.92 Å². The van der Waals surface area contributed by atoms with Crippen molar-refractivity contribution < 1.29 is 14.4 Å². The van der Waals surface area contributed by atoms with Gasteiger partial charge in [0.25, 0.3) is 5.91 Å². The Hall–Kier alpha value is -1.34. The second-order valence-electron chi connectivity index (χ2n) is 7.49. The van der Waals surface area contributed by atoms with Gasteiger partial charge in [-0.3, -0.25) is 14.5 Å². The molecule has 150 valence electrons. The quantitative estimate of drug-likeness (QED) is 0.579. The van der Waals surface area contributed by atoms with Gasteiger partial charge in [0, 0.05) is 6.54 Å². The predicted octanol–water partition coefficient (Wildman–Crippen LogP) is 1.93. The number of hydrogen-bond acceptors (Lipinski definition) is 4. The standard InChI is InChI=1S/C18H32N4O3.ClH/c1-4-13-7-9-18(10-8-13)15(24)22(16(25)21-18)11-14(23)20-17(5-2,6-3)12-19;/h13H,4-12,19H2,1-3H3,(H,20,23)(H,21,25);1H. The third-order valence-corrected chi connectivity index (χ3v) is 6.23. The fourth-order valence-electron chi connectivity index (χ4n) is 3.98. The number of halogens is 1. The van der Waals surface area contributed by atoms with Crippen LogP contribution >= 0.6 is 12.4 Å². The van der Waals surface area contributed by atoms with Gasteiger partial charge < -0.3 is 16.4 Å². The second-order valence-corrected chi connectivity index (χ2v) is 7.49. The van der Waals surface area contributed by atoms with Gasteiger partial charge in [0.1, 0.15) is 12.1 Å². The molecule has 1 aliphatic heterocycles. The number of nitrogens with zero attached hydrogens (tertiary/aromatic N) is 1. The van der Waals surface area contributed by atoms with Crippen molar-refractivity contribution in [1.82, 2.24) is 15.5 Å². The molecule has 0 aromatic carbocycles. The van der Waals surface area contributed by atoms with E-state index in [1.807, 2.05) is 13.8 Å². The normalized spacial score (nSPS) is 25.8. The number of imide groups is 1. The summed E-state index contributed by atoms with van der Waals surface area (Å²) >= 11 is 0. The van der Waals surface area contributed by atoms with Gasteiger partial charge in [0.15, 0.2) is 0 Å². The van der Waals surface area contributed by atoms with Crippen LogP contribution in [0.1, 0.15) is 65.7 Å². The van der Waals surface area contributed by atoms with E-state index >= 15 is 0 Å². The van der Waals surface area contributed by atoms with E-state index in [0.717, 1.165) is 24.2 Å². The van der Waals surface area contributed by atoms with Gasteiger partial charge in [-0.15, -0.1) is 12.4 Å². The molecule has 1 saturated carbocycles. The minimum absolute atomic E-state index is 0. The number of nitrogens with two attached hydrogens (primary N) is 1. The molecule has 0 unspecified atom stereocenters. The molecule has 1 aliphatic carbocycles. The highest BCUT2D eigenvalue weighted by atomic mass is 35.5. The zero-order valence-corrected chi connectivity index (χ0v) is 16.9. The third kappa shape index (κ3) is 4.31. The van der Waals surface area contributed by atoms with Crippen LogP contribution in [0.15, 0.2) is 0 Å². The molecule has 1 spiro atoms. The molecule has 8 heteroatoms.